The molecule has 1 saturated heterocycles. The van der Waals surface area contributed by atoms with Gasteiger partial charge in [0.25, 0.3) is 0 Å². The van der Waals surface area contributed by atoms with Gasteiger partial charge in [0.1, 0.15) is 0 Å². The van der Waals surface area contributed by atoms with Crippen LogP contribution in [0, 0.1) is 5.41 Å². The van der Waals surface area contributed by atoms with Crippen LogP contribution >= 0.6 is 11.3 Å². The molecule has 1 N–H and O–H groups in total. The maximum atomic E-state index is 5.07. The number of ether oxygens (including phenoxy) is 1. The zero-order valence-electron chi connectivity index (χ0n) is 13.9. The first-order valence-corrected chi connectivity index (χ1v) is 8.80. The summed E-state index contributed by atoms with van der Waals surface area (Å²) in [6, 6.07) is 0. The minimum atomic E-state index is 0.492. The third-order valence-corrected chi connectivity index (χ3v) is 5.42. The van der Waals surface area contributed by atoms with Gasteiger partial charge in [-0.05, 0) is 24.7 Å². The Bertz CT molecular complexity index is 435. The Balaban J connectivity index is 1.96. The molecule has 5 heteroatoms. The molecule has 0 unspecified atom stereocenters. The van der Waals surface area contributed by atoms with E-state index in [1.54, 1.807) is 7.11 Å². The molecule has 0 radical (unpaired) electrons. The zero-order chi connectivity index (χ0) is 15.3. The van der Waals surface area contributed by atoms with Gasteiger partial charge in [-0.3, -0.25) is 0 Å². The minimum absolute atomic E-state index is 0.492. The van der Waals surface area contributed by atoms with Crippen molar-refractivity contribution >= 4 is 16.5 Å². The Hall–Kier alpha value is -0.650. The molecule has 1 aliphatic rings. The van der Waals surface area contributed by atoms with E-state index in [1.807, 2.05) is 11.3 Å². The van der Waals surface area contributed by atoms with Crippen molar-refractivity contribution in [2.45, 2.75) is 46.6 Å². The molecular weight excluding hydrogens is 282 g/mol. The summed E-state index contributed by atoms with van der Waals surface area (Å²) in [6.45, 7) is 11.8. The first kappa shape index (κ1) is 16.7. The van der Waals surface area contributed by atoms with E-state index in [0.29, 0.717) is 5.41 Å². The highest BCUT2D eigenvalue weighted by Gasteiger charge is 2.27. The van der Waals surface area contributed by atoms with E-state index in [4.69, 9.17) is 9.72 Å². The SMILES string of the molecule is CCc1nc(N2CCC(C)(C)CC2)sc1CNCCOC. The molecule has 1 fully saturated rings. The van der Waals surface area contributed by atoms with Crippen LogP contribution in [0.3, 0.4) is 0 Å². The van der Waals surface area contributed by atoms with E-state index in [1.165, 1.54) is 28.5 Å². The second-order valence-electron chi connectivity index (χ2n) is 6.54. The quantitative estimate of drug-likeness (QED) is 0.785. The highest BCUT2D eigenvalue weighted by molar-refractivity contribution is 7.15. The summed E-state index contributed by atoms with van der Waals surface area (Å²) in [7, 11) is 1.74. The number of thiazole rings is 1. The first-order chi connectivity index (χ1) is 10.1. The molecule has 0 aliphatic carbocycles. The lowest BCUT2D eigenvalue weighted by molar-refractivity contribution is 0.199. The van der Waals surface area contributed by atoms with Crippen molar-refractivity contribution in [2.24, 2.45) is 5.41 Å². The largest absolute Gasteiger partial charge is 0.383 e. The van der Waals surface area contributed by atoms with E-state index < -0.39 is 0 Å². The highest BCUT2D eigenvalue weighted by atomic mass is 32.1. The molecule has 2 heterocycles. The molecule has 1 aromatic rings. The van der Waals surface area contributed by atoms with Crippen LogP contribution in [0.1, 0.15) is 44.2 Å². The summed E-state index contributed by atoms with van der Waals surface area (Å²) in [6.07, 6.45) is 3.53. The van der Waals surface area contributed by atoms with Crippen LogP contribution in [0.5, 0.6) is 0 Å². The zero-order valence-corrected chi connectivity index (χ0v) is 14.7. The second-order valence-corrected chi connectivity index (χ2v) is 7.60. The van der Waals surface area contributed by atoms with E-state index >= 15 is 0 Å². The fourth-order valence-corrected chi connectivity index (χ4v) is 3.77. The molecule has 0 amide bonds. The van der Waals surface area contributed by atoms with Gasteiger partial charge in [-0.15, -0.1) is 11.3 Å². The second kappa shape index (κ2) is 7.56. The fraction of sp³-hybridized carbons (Fsp3) is 0.812. The summed E-state index contributed by atoms with van der Waals surface area (Å²) < 4.78 is 5.07. The molecule has 4 nitrogen and oxygen atoms in total. The van der Waals surface area contributed by atoms with E-state index in [-0.39, 0.29) is 0 Å². The van der Waals surface area contributed by atoms with Gasteiger partial charge in [-0.25, -0.2) is 4.98 Å². The van der Waals surface area contributed by atoms with E-state index in [2.05, 4.69) is 31.0 Å². The summed E-state index contributed by atoms with van der Waals surface area (Å²) >= 11 is 1.86. The molecule has 1 aliphatic heterocycles. The number of hydrogen-bond acceptors (Lipinski definition) is 5. The maximum Gasteiger partial charge on any atom is 0.185 e. The monoisotopic (exact) mass is 311 g/mol. The third kappa shape index (κ3) is 4.66. The third-order valence-electron chi connectivity index (χ3n) is 4.26. The van der Waals surface area contributed by atoms with Gasteiger partial charge in [-0.1, -0.05) is 20.8 Å². The van der Waals surface area contributed by atoms with Crippen LogP contribution in [0.15, 0.2) is 0 Å². The molecule has 0 saturated carbocycles. The highest BCUT2D eigenvalue weighted by Crippen LogP contribution is 2.34. The Morgan fingerprint density at radius 1 is 1.33 bits per heavy atom. The van der Waals surface area contributed by atoms with Gasteiger partial charge in [0.15, 0.2) is 5.13 Å². The number of methoxy groups -OCH3 is 1. The number of nitrogens with zero attached hydrogens (tertiary/aromatic N) is 2. The predicted octanol–water partition coefficient (Wildman–Crippen LogP) is 3.07. The normalized spacial score (nSPS) is 18.2. The van der Waals surface area contributed by atoms with Gasteiger partial charge >= 0.3 is 0 Å². The fourth-order valence-electron chi connectivity index (χ4n) is 2.60. The van der Waals surface area contributed by atoms with E-state index in [9.17, 15) is 0 Å². The van der Waals surface area contributed by atoms with Crippen LogP contribution < -0.4 is 10.2 Å². The lowest BCUT2D eigenvalue weighted by atomic mass is 9.83. The lowest BCUT2D eigenvalue weighted by Crippen LogP contribution is -2.37. The Morgan fingerprint density at radius 2 is 2.05 bits per heavy atom. The summed E-state index contributed by atoms with van der Waals surface area (Å²) in [5.74, 6) is 0. The average molecular weight is 311 g/mol. The van der Waals surface area contributed by atoms with E-state index in [0.717, 1.165) is 39.2 Å². The van der Waals surface area contributed by atoms with Crippen LogP contribution in [-0.2, 0) is 17.7 Å². The van der Waals surface area contributed by atoms with Crippen LogP contribution in [0.4, 0.5) is 5.13 Å². The Kier molecular flexibility index (Phi) is 6.02. The Morgan fingerprint density at radius 3 is 2.67 bits per heavy atom. The van der Waals surface area contributed by atoms with Gasteiger partial charge in [0.05, 0.1) is 12.3 Å². The number of aromatic nitrogens is 1. The molecule has 0 bridgehead atoms. The van der Waals surface area contributed by atoms with Gasteiger partial charge in [0.2, 0.25) is 0 Å². The van der Waals surface area contributed by atoms with Crippen molar-refractivity contribution in [3.8, 4) is 0 Å². The number of anilines is 1. The summed E-state index contributed by atoms with van der Waals surface area (Å²) in [4.78, 5) is 8.72. The molecular formula is C16H29N3OS. The van der Waals surface area contributed by atoms with Crippen molar-refractivity contribution in [2.75, 3.05) is 38.3 Å². The number of aryl methyl sites for hydroxylation is 1. The average Bonchev–Trinajstić information content (AvgIpc) is 2.87. The van der Waals surface area contributed by atoms with Crippen LogP contribution in [0.25, 0.3) is 0 Å². The molecule has 120 valence electrons. The van der Waals surface area contributed by atoms with Crippen molar-refractivity contribution in [1.82, 2.24) is 10.3 Å². The van der Waals surface area contributed by atoms with Crippen LogP contribution in [0.2, 0.25) is 0 Å². The summed E-state index contributed by atoms with van der Waals surface area (Å²) in [5, 5.41) is 4.65. The minimum Gasteiger partial charge on any atom is -0.383 e. The summed E-state index contributed by atoms with van der Waals surface area (Å²) in [5.41, 5.74) is 1.75. The van der Waals surface area contributed by atoms with Crippen molar-refractivity contribution < 1.29 is 4.74 Å². The topological polar surface area (TPSA) is 37.4 Å². The van der Waals surface area contributed by atoms with Crippen molar-refractivity contribution in [3.63, 3.8) is 0 Å². The standard InChI is InChI=1S/C16H29N3OS/c1-5-13-14(12-17-8-11-20-4)21-15(18-13)19-9-6-16(2,3)7-10-19/h17H,5-12H2,1-4H3. The first-order valence-electron chi connectivity index (χ1n) is 7.99. The number of nitrogens with one attached hydrogen (secondary N) is 1. The van der Waals surface area contributed by atoms with Crippen LogP contribution in [-0.4, -0.2) is 38.3 Å². The van der Waals surface area contributed by atoms with Crippen molar-refractivity contribution in [3.05, 3.63) is 10.6 Å². The van der Waals surface area contributed by atoms with Crippen molar-refractivity contribution in [1.29, 1.82) is 0 Å². The van der Waals surface area contributed by atoms with Gasteiger partial charge < -0.3 is 15.0 Å². The molecule has 21 heavy (non-hydrogen) atoms. The maximum absolute atomic E-state index is 5.07. The Labute approximate surface area is 132 Å². The smallest absolute Gasteiger partial charge is 0.185 e. The van der Waals surface area contributed by atoms with Gasteiger partial charge in [-0.2, -0.15) is 0 Å². The number of piperidine rings is 1. The predicted molar refractivity (Wildman–Crippen MR) is 90.3 cm³/mol. The van der Waals surface area contributed by atoms with Gasteiger partial charge in [0, 0.05) is 38.2 Å². The lowest BCUT2D eigenvalue weighted by Gasteiger charge is -2.36. The number of rotatable bonds is 7. The molecule has 2 rings (SSSR count). The molecule has 0 aromatic carbocycles. The molecule has 0 spiro atoms. The number of hydrogen-bond donors (Lipinski definition) is 1. The molecule has 1 aromatic heterocycles. The molecule has 0 atom stereocenters.